The maximum Gasteiger partial charge on any atom is 0.245 e. The lowest BCUT2D eigenvalue weighted by Gasteiger charge is -2.16. The first-order valence-corrected chi connectivity index (χ1v) is 4.54. The van der Waals surface area contributed by atoms with E-state index in [1.165, 1.54) is 7.05 Å². The maximum absolute atomic E-state index is 10.8. The van der Waals surface area contributed by atoms with Gasteiger partial charge in [0.15, 0.2) is 6.29 Å². The summed E-state index contributed by atoms with van der Waals surface area (Å²) < 4.78 is 9.76. The van der Waals surface area contributed by atoms with Crippen molar-refractivity contribution in [1.82, 2.24) is 5.32 Å². The summed E-state index contributed by atoms with van der Waals surface area (Å²) in [6.45, 7) is -0.700. The number of ether oxygens (including phenoxy) is 2. The summed E-state index contributed by atoms with van der Waals surface area (Å²) in [5.41, 5.74) is 0. The number of amides is 1. The summed E-state index contributed by atoms with van der Waals surface area (Å²) in [7, 11) is 1.44. The van der Waals surface area contributed by atoms with Crippen LogP contribution in [0.4, 0.5) is 0 Å². The van der Waals surface area contributed by atoms with E-state index in [-0.39, 0.29) is 12.5 Å². The van der Waals surface area contributed by atoms with Gasteiger partial charge in [-0.25, -0.2) is 0 Å². The molecule has 0 saturated carbocycles. The average Bonchev–Trinajstić information content (AvgIpc) is 2.51. The molecule has 4 N–H and O–H groups in total. The molecular formula is C8H15NO6. The van der Waals surface area contributed by atoms with Gasteiger partial charge in [0, 0.05) is 7.05 Å². The van der Waals surface area contributed by atoms with Crippen molar-refractivity contribution in [3.8, 4) is 0 Å². The van der Waals surface area contributed by atoms with E-state index in [1.807, 2.05) is 0 Å². The molecule has 88 valence electrons. The van der Waals surface area contributed by atoms with E-state index in [0.717, 1.165) is 0 Å². The molecular weight excluding hydrogens is 206 g/mol. The standard InChI is InChI=1S/C8H15NO6/c1-9-5(11)3-14-7-6(12)4(2-10)15-8(7)13/h4,6-8,10,12-13H,2-3H2,1H3,(H,9,11)/t4-,6-,7-,8-/m1/s1. The molecule has 7 nitrogen and oxygen atoms in total. The molecule has 1 rings (SSSR count). The number of hydrogen-bond donors (Lipinski definition) is 4. The molecule has 1 saturated heterocycles. The van der Waals surface area contributed by atoms with Crippen LogP contribution in [0.3, 0.4) is 0 Å². The highest BCUT2D eigenvalue weighted by Crippen LogP contribution is 2.21. The van der Waals surface area contributed by atoms with Crippen LogP contribution in [0.2, 0.25) is 0 Å². The summed E-state index contributed by atoms with van der Waals surface area (Å²) >= 11 is 0. The minimum Gasteiger partial charge on any atom is -0.394 e. The molecule has 1 aliphatic heterocycles. The van der Waals surface area contributed by atoms with Gasteiger partial charge in [-0.2, -0.15) is 0 Å². The molecule has 1 fully saturated rings. The average molecular weight is 221 g/mol. The zero-order valence-electron chi connectivity index (χ0n) is 8.29. The van der Waals surface area contributed by atoms with Gasteiger partial charge < -0.3 is 30.1 Å². The van der Waals surface area contributed by atoms with Gasteiger partial charge in [-0.3, -0.25) is 4.79 Å². The third-order valence-corrected chi connectivity index (χ3v) is 2.18. The van der Waals surface area contributed by atoms with Crippen LogP contribution in [0.15, 0.2) is 0 Å². The van der Waals surface area contributed by atoms with Crippen LogP contribution in [-0.2, 0) is 14.3 Å². The highest BCUT2D eigenvalue weighted by Gasteiger charge is 2.43. The molecule has 7 heteroatoms. The second kappa shape index (κ2) is 5.38. The Bertz CT molecular complexity index is 223. The maximum atomic E-state index is 10.8. The second-order valence-electron chi connectivity index (χ2n) is 3.19. The molecule has 0 aromatic heterocycles. The van der Waals surface area contributed by atoms with Gasteiger partial charge in [0.1, 0.15) is 24.9 Å². The normalized spacial score (nSPS) is 35.5. The number of aliphatic hydroxyl groups is 3. The highest BCUT2D eigenvalue weighted by atomic mass is 16.7. The smallest absolute Gasteiger partial charge is 0.245 e. The summed E-state index contributed by atoms with van der Waals surface area (Å²) in [6.07, 6.45) is -4.37. The van der Waals surface area contributed by atoms with Crippen molar-refractivity contribution in [2.75, 3.05) is 20.3 Å². The largest absolute Gasteiger partial charge is 0.394 e. The lowest BCUT2D eigenvalue weighted by atomic mass is 10.1. The van der Waals surface area contributed by atoms with Crippen LogP contribution in [0.5, 0.6) is 0 Å². The predicted octanol–water partition coefficient (Wildman–Crippen LogP) is -2.81. The quantitative estimate of drug-likeness (QED) is 0.408. The van der Waals surface area contributed by atoms with Gasteiger partial charge in [0.05, 0.1) is 6.61 Å². The summed E-state index contributed by atoms with van der Waals surface area (Å²) in [4.78, 5) is 10.8. The van der Waals surface area contributed by atoms with Gasteiger partial charge in [0.2, 0.25) is 5.91 Å². The van der Waals surface area contributed by atoms with Crippen LogP contribution in [0, 0.1) is 0 Å². The number of rotatable bonds is 4. The Morgan fingerprint density at radius 1 is 1.53 bits per heavy atom. The SMILES string of the molecule is CNC(=O)CO[C@@H]1[C@H](O)[C@@H](CO)O[C@H]1O. The third-order valence-electron chi connectivity index (χ3n) is 2.18. The number of aliphatic hydroxyl groups excluding tert-OH is 3. The van der Waals surface area contributed by atoms with Crippen molar-refractivity contribution in [1.29, 1.82) is 0 Å². The number of carbonyl (C=O) groups is 1. The highest BCUT2D eigenvalue weighted by molar-refractivity contribution is 5.76. The monoisotopic (exact) mass is 221 g/mol. The number of likely N-dealkylation sites (N-methyl/N-ethyl adjacent to an activating group) is 1. The number of nitrogens with one attached hydrogen (secondary N) is 1. The van der Waals surface area contributed by atoms with Crippen LogP contribution in [-0.4, -0.2) is 66.1 Å². The molecule has 0 bridgehead atoms. The Labute approximate surface area is 86.6 Å². The molecule has 0 spiro atoms. The first-order valence-electron chi connectivity index (χ1n) is 4.54. The van der Waals surface area contributed by atoms with Gasteiger partial charge in [-0.05, 0) is 0 Å². The first kappa shape index (κ1) is 12.3. The first-order chi connectivity index (χ1) is 7.10. The van der Waals surface area contributed by atoms with Crippen molar-refractivity contribution in [2.24, 2.45) is 0 Å². The van der Waals surface area contributed by atoms with E-state index in [4.69, 9.17) is 14.6 Å². The topological polar surface area (TPSA) is 108 Å². The van der Waals surface area contributed by atoms with E-state index in [2.05, 4.69) is 5.32 Å². The van der Waals surface area contributed by atoms with Crippen LogP contribution in [0.1, 0.15) is 0 Å². The zero-order chi connectivity index (χ0) is 11.4. The van der Waals surface area contributed by atoms with E-state index in [0.29, 0.717) is 0 Å². The molecule has 0 aliphatic carbocycles. The fourth-order valence-electron chi connectivity index (χ4n) is 1.29. The number of hydrogen-bond acceptors (Lipinski definition) is 6. The Balaban J connectivity index is 2.44. The zero-order valence-corrected chi connectivity index (χ0v) is 8.29. The summed E-state index contributed by atoms with van der Waals surface area (Å²) in [5.74, 6) is -0.373. The molecule has 0 radical (unpaired) electrons. The molecule has 0 aromatic carbocycles. The molecule has 1 heterocycles. The molecule has 0 aromatic rings. The number of carbonyl (C=O) groups excluding carboxylic acids is 1. The van der Waals surface area contributed by atoms with E-state index >= 15 is 0 Å². The molecule has 0 unspecified atom stereocenters. The van der Waals surface area contributed by atoms with Gasteiger partial charge in [-0.1, -0.05) is 0 Å². The lowest BCUT2D eigenvalue weighted by molar-refractivity contribution is -0.153. The minimum absolute atomic E-state index is 0.281. The van der Waals surface area contributed by atoms with Crippen LogP contribution < -0.4 is 5.32 Å². The van der Waals surface area contributed by atoms with Gasteiger partial charge >= 0.3 is 0 Å². The van der Waals surface area contributed by atoms with Crippen LogP contribution in [0.25, 0.3) is 0 Å². The third kappa shape index (κ3) is 2.86. The Kier molecular flexibility index (Phi) is 4.43. The Hall–Kier alpha value is -0.730. The molecule has 1 amide bonds. The second-order valence-corrected chi connectivity index (χ2v) is 3.19. The Morgan fingerprint density at radius 3 is 2.67 bits per heavy atom. The minimum atomic E-state index is -1.33. The van der Waals surface area contributed by atoms with Crippen LogP contribution >= 0.6 is 0 Å². The van der Waals surface area contributed by atoms with Crippen molar-refractivity contribution >= 4 is 5.91 Å². The van der Waals surface area contributed by atoms with E-state index in [1.54, 1.807) is 0 Å². The molecule has 1 aliphatic rings. The predicted molar refractivity (Wildman–Crippen MR) is 47.8 cm³/mol. The Morgan fingerprint density at radius 2 is 2.20 bits per heavy atom. The van der Waals surface area contributed by atoms with Gasteiger partial charge in [-0.15, -0.1) is 0 Å². The molecule has 15 heavy (non-hydrogen) atoms. The summed E-state index contributed by atoms with van der Waals surface area (Å²) in [6, 6.07) is 0. The van der Waals surface area contributed by atoms with Crippen molar-refractivity contribution < 1.29 is 29.6 Å². The fourth-order valence-corrected chi connectivity index (χ4v) is 1.29. The van der Waals surface area contributed by atoms with E-state index < -0.39 is 31.2 Å². The molecule has 4 atom stereocenters. The fraction of sp³-hybridized carbons (Fsp3) is 0.875. The van der Waals surface area contributed by atoms with Crippen molar-refractivity contribution in [2.45, 2.75) is 24.6 Å². The van der Waals surface area contributed by atoms with Crippen molar-refractivity contribution in [3.63, 3.8) is 0 Å². The van der Waals surface area contributed by atoms with E-state index in [9.17, 15) is 15.0 Å². The van der Waals surface area contributed by atoms with Crippen molar-refractivity contribution in [3.05, 3.63) is 0 Å². The van der Waals surface area contributed by atoms with Gasteiger partial charge in [0.25, 0.3) is 0 Å². The lowest BCUT2D eigenvalue weighted by Crippen LogP contribution is -2.38. The summed E-state index contributed by atoms with van der Waals surface area (Å²) in [5, 5.41) is 29.9.